The number of anilines is 1. The van der Waals surface area contributed by atoms with E-state index in [9.17, 15) is 13.6 Å². The molecule has 4 rings (SSSR count). The highest BCUT2D eigenvalue weighted by molar-refractivity contribution is 7.15. The fourth-order valence-electron chi connectivity index (χ4n) is 3.59. The van der Waals surface area contributed by atoms with Crippen molar-refractivity contribution < 1.29 is 8.78 Å². The van der Waals surface area contributed by atoms with Gasteiger partial charge in [-0.25, -0.2) is 9.89 Å². The number of nitrogens with two attached hydrogens (primary N) is 1. The van der Waals surface area contributed by atoms with Crippen LogP contribution in [-0.4, -0.2) is 47.5 Å². The summed E-state index contributed by atoms with van der Waals surface area (Å²) < 4.78 is 27.3. The predicted molar refractivity (Wildman–Crippen MR) is 119 cm³/mol. The second-order valence-electron chi connectivity index (χ2n) is 7.33. The maximum Gasteiger partial charge on any atom is 0.343 e. The Morgan fingerprint density at radius 1 is 1.13 bits per heavy atom. The molecule has 0 bridgehead atoms. The largest absolute Gasteiger partial charge is 0.369 e. The van der Waals surface area contributed by atoms with E-state index in [1.165, 1.54) is 10.3 Å². The molecule has 0 saturated carbocycles. The minimum atomic E-state index is -1.83. The van der Waals surface area contributed by atoms with Gasteiger partial charge in [-0.3, -0.25) is 4.57 Å². The third-order valence-electron chi connectivity index (χ3n) is 5.33. The van der Waals surface area contributed by atoms with Crippen LogP contribution in [0.2, 0.25) is 0 Å². The number of H-pyrrole nitrogens is 1. The minimum Gasteiger partial charge on any atom is -0.369 e. The van der Waals surface area contributed by atoms with Crippen molar-refractivity contribution in [1.82, 2.24) is 20.1 Å². The van der Waals surface area contributed by atoms with Gasteiger partial charge in [0.1, 0.15) is 5.82 Å². The highest BCUT2D eigenvalue weighted by atomic mass is 32.1. The molecule has 4 N–H and O–H groups in total. The van der Waals surface area contributed by atoms with E-state index in [0.717, 1.165) is 41.5 Å². The van der Waals surface area contributed by atoms with Crippen molar-refractivity contribution in [2.24, 2.45) is 5.73 Å². The lowest BCUT2D eigenvalue weighted by atomic mass is 10.1. The molecular formula is C21H24F2N6OS. The monoisotopic (exact) mass is 446 g/mol. The zero-order valence-corrected chi connectivity index (χ0v) is 17.7. The number of hydrogen-bond donors (Lipinski definition) is 3. The molecule has 1 saturated heterocycles. The third kappa shape index (κ3) is 4.92. The molecule has 0 radical (unpaired) electrons. The molecule has 0 spiro atoms. The van der Waals surface area contributed by atoms with Crippen LogP contribution in [0.4, 0.5) is 14.5 Å². The fourth-order valence-corrected chi connectivity index (χ4v) is 4.59. The molecule has 0 atom stereocenters. The molecule has 0 unspecified atom stereocenters. The molecule has 3 heterocycles. The maximum absolute atomic E-state index is 13.0. The van der Waals surface area contributed by atoms with Crippen LogP contribution < -0.4 is 21.6 Å². The first kappa shape index (κ1) is 21.4. The number of aromatic amines is 1. The van der Waals surface area contributed by atoms with Gasteiger partial charge in [0, 0.05) is 60.2 Å². The van der Waals surface area contributed by atoms with Gasteiger partial charge in [0.2, 0.25) is 0 Å². The summed E-state index contributed by atoms with van der Waals surface area (Å²) in [6.07, 6.45) is -1.99. The number of rotatable bonds is 7. The van der Waals surface area contributed by atoms with Gasteiger partial charge in [0.25, 0.3) is 6.08 Å². The molecule has 1 aromatic carbocycles. The van der Waals surface area contributed by atoms with Crippen molar-refractivity contribution in [1.29, 1.82) is 0 Å². The fraction of sp³-hybridized carbons (Fsp3) is 0.333. The normalized spacial score (nSPS) is 14.1. The lowest BCUT2D eigenvalue weighted by Gasteiger charge is -2.29. The average Bonchev–Trinajstić information content (AvgIpc) is 3.40. The number of halogens is 2. The molecule has 1 aliphatic heterocycles. The Labute approximate surface area is 182 Å². The van der Waals surface area contributed by atoms with Crippen LogP contribution in [0.1, 0.15) is 10.7 Å². The Morgan fingerprint density at radius 2 is 1.87 bits per heavy atom. The van der Waals surface area contributed by atoms with Crippen LogP contribution in [0.25, 0.3) is 10.4 Å². The molecule has 7 nitrogen and oxygen atoms in total. The molecule has 0 aliphatic carbocycles. The number of benzene rings is 1. The average molecular weight is 447 g/mol. The van der Waals surface area contributed by atoms with Crippen molar-refractivity contribution in [2.45, 2.75) is 13.0 Å². The van der Waals surface area contributed by atoms with E-state index >= 15 is 0 Å². The highest BCUT2D eigenvalue weighted by Crippen LogP contribution is 2.30. The number of thiophene rings is 1. The molecule has 164 valence electrons. The molecule has 1 aliphatic rings. The van der Waals surface area contributed by atoms with Crippen molar-refractivity contribution in [3.05, 3.63) is 69.2 Å². The lowest BCUT2D eigenvalue weighted by molar-refractivity contribution is 0.407. The summed E-state index contributed by atoms with van der Waals surface area (Å²) in [5, 5.41) is 9.60. The summed E-state index contributed by atoms with van der Waals surface area (Å²) in [5.74, 6) is 0.244. The number of aromatic nitrogens is 3. The van der Waals surface area contributed by atoms with Crippen molar-refractivity contribution >= 4 is 17.0 Å². The van der Waals surface area contributed by atoms with Gasteiger partial charge in [0.15, 0.2) is 0 Å². The Hall–Kier alpha value is -2.82. The summed E-state index contributed by atoms with van der Waals surface area (Å²) in [6, 6.07) is 12.4. The first-order valence-corrected chi connectivity index (χ1v) is 10.9. The minimum absolute atomic E-state index is 0.163. The molecular weight excluding hydrogens is 422 g/mol. The summed E-state index contributed by atoms with van der Waals surface area (Å²) in [6.45, 7) is 3.96. The summed E-state index contributed by atoms with van der Waals surface area (Å²) in [5.41, 5.74) is 7.04. The number of nitrogens with zero attached hydrogens (tertiary/aromatic N) is 3. The number of hydrogen-bond acceptors (Lipinski definition) is 6. The number of nitrogens with one attached hydrogen (secondary N) is 2. The van der Waals surface area contributed by atoms with Crippen LogP contribution in [0.5, 0.6) is 0 Å². The maximum atomic E-state index is 13.0. The van der Waals surface area contributed by atoms with E-state index < -0.39 is 11.8 Å². The smallest absolute Gasteiger partial charge is 0.343 e. The topological polar surface area (TPSA) is 92.0 Å². The van der Waals surface area contributed by atoms with Gasteiger partial charge in [0.05, 0.1) is 6.54 Å². The Balaban J connectivity index is 1.49. The van der Waals surface area contributed by atoms with Crippen LogP contribution in [-0.2, 0) is 13.0 Å². The van der Waals surface area contributed by atoms with Gasteiger partial charge >= 0.3 is 5.69 Å². The molecule has 2 aromatic heterocycles. The lowest BCUT2D eigenvalue weighted by Crippen LogP contribution is -2.43. The first-order valence-electron chi connectivity index (χ1n) is 10.1. The predicted octanol–water partition coefficient (Wildman–Crippen LogP) is 2.41. The van der Waals surface area contributed by atoms with Crippen LogP contribution >= 0.6 is 11.3 Å². The second kappa shape index (κ2) is 9.54. The zero-order chi connectivity index (χ0) is 21.8. The van der Waals surface area contributed by atoms with Gasteiger partial charge < -0.3 is 16.0 Å². The second-order valence-corrected chi connectivity index (χ2v) is 8.49. The van der Waals surface area contributed by atoms with E-state index in [-0.39, 0.29) is 30.9 Å². The van der Waals surface area contributed by atoms with Crippen molar-refractivity contribution in [3.8, 4) is 10.4 Å². The molecule has 31 heavy (non-hydrogen) atoms. The van der Waals surface area contributed by atoms with Gasteiger partial charge in [-0.05, 0) is 29.8 Å². The standard InChI is InChI=1S/C21H24F2N6OS/c22-20(23)15(12-24)11-19-26-27-21(30)29(19)13-17-5-6-18(31-17)14-1-3-16(4-2-14)28-9-7-25-8-10-28/h1-6,25H,7-13,24H2,(H,27,30). The van der Waals surface area contributed by atoms with Crippen molar-refractivity contribution in [2.75, 3.05) is 37.6 Å². The Bertz CT molecular complexity index is 1110. The summed E-state index contributed by atoms with van der Waals surface area (Å²) in [4.78, 5) is 16.5. The Morgan fingerprint density at radius 3 is 2.55 bits per heavy atom. The van der Waals surface area contributed by atoms with Gasteiger partial charge in [-0.2, -0.15) is 13.9 Å². The zero-order valence-electron chi connectivity index (χ0n) is 16.9. The molecule has 1 fully saturated rings. The van der Waals surface area contributed by atoms with E-state index in [0.29, 0.717) is 0 Å². The molecule has 3 aromatic rings. The SMILES string of the molecule is NCC(Cc1n[nH]c(=O)n1Cc1ccc(-c2ccc(N3CCNCC3)cc2)s1)=C(F)F. The van der Waals surface area contributed by atoms with E-state index in [2.05, 4.69) is 44.7 Å². The highest BCUT2D eigenvalue weighted by Gasteiger charge is 2.15. The van der Waals surface area contributed by atoms with Crippen LogP contribution in [0.15, 0.2) is 52.8 Å². The van der Waals surface area contributed by atoms with Crippen molar-refractivity contribution in [3.63, 3.8) is 0 Å². The van der Waals surface area contributed by atoms with E-state index in [1.807, 2.05) is 12.1 Å². The van der Waals surface area contributed by atoms with E-state index in [1.54, 1.807) is 11.3 Å². The van der Waals surface area contributed by atoms with Crippen LogP contribution in [0.3, 0.4) is 0 Å². The van der Waals surface area contributed by atoms with Gasteiger partial charge in [-0.1, -0.05) is 12.1 Å². The Kier molecular flexibility index (Phi) is 6.59. The molecule has 0 amide bonds. The summed E-state index contributed by atoms with van der Waals surface area (Å²) in [7, 11) is 0. The van der Waals surface area contributed by atoms with Gasteiger partial charge in [-0.15, -0.1) is 11.3 Å². The third-order valence-corrected chi connectivity index (χ3v) is 6.45. The van der Waals surface area contributed by atoms with E-state index in [4.69, 9.17) is 5.73 Å². The van der Waals surface area contributed by atoms with Crippen LogP contribution in [0, 0.1) is 0 Å². The first-order chi connectivity index (χ1) is 15.0. The quantitative estimate of drug-likeness (QED) is 0.519. The number of piperazine rings is 1. The molecule has 10 heteroatoms. The summed E-state index contributed by atoms with van der Waals surface area (Å²) >= 11 is 1.56.